The molecule has 0 radical (unpaired) electrons. The predicted molar refractivity (Wildman–Crippen MR) is 73.6 cm³/mol. The molecule has 19 heavy (non-hydrogen) atoms. The first-order valence-corrected chi connectivity index (χ1v) is 6.26. The second-order valence-electron chi connectivity index (χ2n) is 5.59. The molecule has 0 saturated heterocycles. The van der Waals surface area contributed by atoms with Gasteiger partial charge in [-0.3, -0.25) is 0 Å². The number of benzene rings is 1. The molecule has 0 saturated carbocycles. The molecule has 2 rings (SSSR count). The maximum Gasteiger partial charge on any atom is 0.231 e. The molecular weight excluding hydrogens is 244 g/mol. The molecule has 0 aliphatic carbocycles. The number of methoxy groups -OCH3 is 1. The van der Waals surface area contributed by atoms with Crippen molar-refractivity contribution in [3.63, 3.8) is 0 Å². The van der Waals surface area contributed by atoms with Gasteiger partial charge in [-0.15, -0.1) is 0 Å². The van der Waals surface area contributed by atoms with E-state index in [0.717, 1.165) is 5.56 Å². The topological polar surface area (TPSA) is 47.9 Å². The molecule has 4 heteroatoms. The van der Waals surface area contributed by atoms with E-state index in [4.69, 9.17) is 14.2 Å². The van der Waals surface area contributed by atoms with Gasteiger partial charge in [0, 0.05) is 5.56 Å². The Kier molecular flexibility index (Phi) is 3.71. The van der Waals surface area contributed by atoms with Crippen molar-refractivity contribution in [2.24, 2.45) is 5.41 Å². The van der Waals surface area contributed by atoms with Crippen molar-refractivity contribution in [1.82, 2.24) is 0 Å². The van der Waals surface area contributed by atoms with Crippen molar-refractivity contribution in [3.05, 3.63) is 23.8 Å². The quantitative estimate of drug-likeness (QED) is 0.912. The lowest BCUT2D eigenvalue weighted by atomic mass is 9.88. The minimum Gasteiger partial charge on any atom is -0.492 e. The van der Waals surface area contributed by atoms with E-state index >= 15 is 0 Å². The number of aliphatic hydroxyl groups is 1. The van der Waals surface area contributed by atoms with E-state index in [1.54, 1.807) is 13.2 Å². The Labute approximate surface area is 113 Å². The number of rotatable bonds is 3. The van der Waals surface area contributed by atoms with Gasteiger partial charge in [0.05, 0.1) is 13.2 Å². The van der Waals surface area contributed by atoms with E-state index in [2.05, 4.69) is 0 Å². The molecule has 4 nitrogen and oxygen atoms in total. The highest BCUT2D eigenvalue weighted by Gasteiger charge is 2.22. The third-order valence-electron chi connectivity index (χ3n) is 3.07. The molecule has 1 atom stereocenters. The summed E-state index contributed by atoms with van der Waals surface area (Å²) in [6, 6.07) is 3.73. The summed E-state index contributed by atoms with van der Waals surface area (Å²) in [4.78, 5) is 0. The molecule has 1 unspecified atom stereocenters. The lowest BCUT2D eigenvalue weighted by Gasteiger charge is -2.22. The number of aliphatic hydroxyl groups excluding tert-OH is 1. The monoisotopic (exact) mass is 264 g/mol. The predicted octanol–water partition coefficient (Wildman–Crippen LogP) is 2.84. The van der Waals surface area contributed by atoms with Crippen LogP contribution in [0.5, 0.6) is 17.2 Å². The summed E-state index contributed by atoms with van der Waals surface area (Å²) in [5, 5.41) is 10.0. The molecule has 1 aliphatic heterocycles. The number of ether oxygens (including phenoxy) is 3. The van der Waals surface area contributed by atoms with Gasteiger partial charge in [-0.2, -0.15) is 0 Å². The minimum absolute atomic E-state index is 0.194. The zero-order valence-electron chi connectivity index (χ0n) is 11.8. The molecular formula is C15H20O4. The molecule has 1 N–H and O–H groups in total. The summed E-state index contributed by atoms with van der Waals surface area (Å²) in [5.41, 5.74) is 0.662. The first-order chi connectivity index (χ1) is 8.93. The Balaban J connectivity index is 2.29. The highest BCUT2D eigenvalue weighted by molar-refractivity contribution is 5.67. The largest absolute Gasteiger partial charge is 0.492 e. The average molecular weight is 264 g/mol. The molecule has 1 aliphatic rings. The molecule has 1 aromatic rings. The van der Waals surface area contributed by atoms with Crippen molar-refractivity contribution in [2.45, 2.75) is 26.9 Å². The summed E-state index contributed by atoms with van der Waals surface area (Å²) < 4.78 is 16.1. The van der Waals surface area contributed by atoms with Gasteiger partial charge >= 0.3 is 0 Å². The number of hydrogen-bond donors (Lipinski definition) is 1. The number of hydrogen-bond acceptors (Lipinski definition) is 4. The van der Waals surface area contributed by atoms with Crippen LogP contribution >= 0.6 is 0 Å². The summed E-state index contributed by atoms with van der Waals surface area (Å²) in [6.45, 7) is 6.17. The van der Waals surface area contributed by atoms with E-state index in [1.165, 1.54) is 0 Å². The van der Waals surface area contributed by atoms with Crippen LogP contribution in [0.4, 0.5) is 0 Å². The van der Waals surface area contributed by atoms with Crippen molar-refractivity contribution < 1.29 is 19.3 Å². The molecule has 0 aromatic heterocycles. The highest BCUT2D eigenvalue weighted by Crippen LogP contribution is 2.43. The fourth-order valence-corrected chi connectivity index (χ4v) is 1.79. The van der Waals surface area contributed by atoms with Crippen molar-refractivity contribution >= 4 is 6.08 Å². The van der Waals surface area contributed by atoms with Gasteiger partial charge in [0.15, 0.2) is 11.5 Å². The van der Waals surface area contributed by atoms with Crippen LogP contribution in [0.2, 0.25) is 0 Å². The third kappa shape index (κ3) is 2.84. The lowest BCUT2D eigenvalue weighted by Crippen LogP contribution is -2.23. The first-order valence-electron chi connectivity index (χ1n) is 6.26. The van der Waals surface area contributed by atoms with Crippen LogP contribution in [0, 0.1) is 5.41 Å². The average Bonchev–Trinajstić information content (AvgIpc) is 2.82. The third-order valence-corrected chi connectivity index (χ3v) is 3.07. The molecule has 1 aromatic carbocycles. The first kappa shape index (κ1) is 13.7. The van der Waals surface area contributed by atoms with Crippen LogP contribution in [-0.4, -0.2) is 25.1 Å². The van der Waals surface area contributed by atoms with Crippen molar-refractivity contribution in [3.8, 4) is 17.2 Å². The molecule has 0 spiro atoms. The minimum atomic E-state index is -0.525. The van der Waals surface area contributed by atoms with Gasteiger partial charge < -0.3 is 19.3 Å². The van der Waals surface area contributed by atoms with Gasteiger partial charge in [0.25, 0.3) is 0 Å². The van der Waals surface area contributed by atoms with E-state index in [1.807, 2.05) is 39.0 Å². The van der Waals surface area contributed by atoms with Gasteiger partial charge in [-0.25, -0.2) is 0 Å². The summed E-state index contributed by atoms with van der Waals surface area (Å²) in [5.74, 6) is 1.94. The van der Waals surface area contributed by atoms with Crippen LogP contribution in [0.15, 0.2) is 18.2 Å². The maximum atomic E-state index is 10.0. The molecule has 1 heterocycles. The van der Waals surface area contributed by atoms with Gasteiger partial charge in [-0.05, 0) is 17.5 Å². The van der Waals surface area contributed by atoms with E-state index in [9.17, 15) is 5.11 Å². The maximum absolute atomic E-state index is 10.0. The smallest absolute Gasteiger partial charge is 0.231 e. The lowest BCUT2D eigenvalue weighted by molar-refractivity contribution is 0.106. The van der Waals surface area contributed by atoms with Gasteiger partial charge in [-0.1, -0.05) is 32.9 Å². The normalized spacial score (nSPS) is 15.8. The van der Waals surface area contributed by atoms with Crippen LogP contribution in [-0.2, 0) is 0 Å². The standard InChI is InChI=1S/C15H20O4/c1-15(2,3)12(16)8-6-10-5-7-11-14(13(10)17-4)19-9-18-11/h5-8,12,16H,9H2,1-4H3. The SMILES string of the molecule is COc1c(C=CC(O)C(C)(C)C)ccc2c1OCO2. The van der Waals surface area contributed by atoms with Crippen LogP contribution in [0.25, 0.3) is 6.08 Å². The zero-order chi connectivity index (χ0) is 14.0. The van der Waals surface area contributed by atoms with Gasteiger partial charge in [0.2, 0.25) is 12.5 Å². The Bertz CT molecular complexity index is 486. The molecule has 0 bridgehead atoms. The van der Waals surface area contributed by atoms with E-state index in [-0.39, 0.29) is 12.2 Å². The van der Waals surface area contributed by atoms with Crippen molar-refractivity contribution in [1.29, 1.82) is 0 Å². The highest BCUT2D eigenvalue weighted by atomic mass is 16.7. The van der Waals surface area contributed by atoms with Crippen molar-refractivity contribution in [2.75, 3.05) is 13.9 Å². The Hall–Kier alpha value is -1.68. The Morgan fingerprint density at radius 3 is 2.68 bits per heavy atom. The summed E-state index contributed by atoms with van der Waals surface area (Å²) in [7, 11) is 1.59. The van der Waals surface area contributed by atoms with E-state index < -0.39 is 6.10 Å². The Morgan fingerprint density at radius 1 is 1.32 bits per heavy atom. The fraction of sp³-hybridized carbons (Fsp3) is 0.467. The fourth-order valence-electron chi connectivity index (χ4n) is 1.79. The number of fused-ring (bicyclic) bond motifs is 1. The second kappa shape index (κ2) is 5.13. The molecule has 0 fully saturated rings. The Morgan fingerprint density at radius 2 is 2.05 bits per heavy atom. The van der Waals surface area contributed by atoms with Crippen LogP contribution in [0.3, 0.4) is 0 Å². The summed E-state index contributed by atoms with van der Waals surface area (Å²) in [6.07, 6.45) is 3.08. The van der Waals surface area contributed by atoms with Crippen LogP contribution < -0.4 is 14.2 Å². The molecule has 104 valence electrons. The van der Waals surface area contributed by atoms with E-state index in [0.29, 0.717) is 17.2 Å². The zero-order valence-corrected chi connectivity index (χ0v) is 11.8. The van der Waals surface area contributed by atoms with Gasteiger partial charge in [0.1, 0.15) is 0 Å². The van der Waals surface area contributed by atoms with Crippen LogP contribution in [0.1, 0.15) is 26.3 Å². The second-order valence-corrected chi connectivity index (χ2v) is 5.59. The summed E-state index contributed by atoms with van der Waals surface area (Å²) >= 11 is 0. The molecule has 0 amide bonds.